The molecule has 0 amide bonds. The van der Waals surface area contributed by atoms with E-state index in [1.165, 1.54) is 18.3 Å². The summed E-state index contributed by atoms with van der Waals surface area (Å²) in [6, 6.07) is 10.5. The van der Waals surface area contributed by atoms with Gasteiger partial charge in [0.05, 0.1) is 31.0 Å². The second kappa shape index (κ2) is 7.28. The Morgan fingerprint density at radius 3 is 2.73 bits per heavy atom. The number of nitrogens with one attached hydrogen (secondary N) is 1. The molecule has 1 aromatic heterocycles. The van der Waals surface area contributed by atoms with Crippen LogP contribution in [0.4, 0.5) is 10.1 Å². The molecule has 0 atom stereocenters. The molecule has 0 saturated heterocycles. The number of anilines is 1. The van der Waals surface area contributed by atoms with Crippen molar-refractivity contribution in [3.8, 4) is 17.6 Å². The number of ether oxygens (including phenoxy) is 2. The van der Waals surface area contributed by atoms with Crippen molar-refractivity contribution in [1.82, 2.24) is 4.98 Å². The average molecular weight is 351 g/mol. The number of hydrogen-bond acceptors (Lipinski definition) is 5. The van der Waals surface area contributed by atoms with E-state index in [-0.39, 0.29) is 5.82 Å². The number of rotatable bonds is 5. The number of halogens is 1. The van der Waals surface area contributed by atoms with Crippen LogP contribution >= 0.6 is 0 Å². The molecule has 26 heavy (non-hydrogen) atoms. The van der Waals surface area contributed by atoms with Crippen molar-refractivity contribution in [3.05, 3.63) is 59.0 Å². The number of aryl methyl sites for hydroxylation is 1. The van der Waals surface area contributed by atoms with Crippen LogP contribution < -0.4 is 14.8 Å². The smallest absolute Gasteiger partial charge is 0.165 e. The van der Waals surface area contributed by atoms with E-state index < -0.39 is 0 Å². The Bertz CT molecular complexity index is 1010. The quantitative estimate of drug-likeness (QED) is 0.747. The lowest BCUT2D eigenvalue weighted by molar-refractivity contribution is 0.352. The number of nitrogens with zero attached hydrogens (tertiary/aromatic N) is 2. The first-order valence-electron chi connectivity index (χ1n) is 8.01. The zero-order valence-electron chi connectivity index (χ0n) is 14.8. The molecule has 0 saturated carbocycles. The molecule has 0 bridgehead atoms. The van der Waals surface area contributed by atoms with Crippen molar-refractivity contribution in [3.63, 3.8) is 0 Å². The minimum Gasteiger partial charge on any atom is -0.493 e. The van der Waals surface area contributed by atoms with Gasteiger partial charge in [0, 0.05) is 23.7 Å². The predicted molar refractivity (Wildman–Crippen MR) is 98.0 cm³/mol. The molecule has 2 aromatic carbocycles. The molecule has 1 heterocycles. The van der Waals surface area contributed by atoms with E-state index in [0.29, 0.717) is 45.8 Å². The summed E-state index contributed by atoms with van der Waals surface area (Å²) in [5.74, 6) is 0.865. The third kappa shape index (κ3) is 3.11. The van der Waals surface area contributed by atoms with E-state index >= 15 is 0 Å². The number of methoxy groups -OCH3 is 2. The van der Waals surface area contributed by atoms with Gasteiger partial charge >= 0.3 is 0 Å². The highest BCUT2D eigenvalue weighted by atomic mass is 19.1. The number of hydrogen-bond donors (Lipinski definition) is 1. The van der Waals surface area contributed by atoms with Gasteiger partial charge in [-0.05, 0) is 30.7 Å². The molecule has 3 aromatic rings. The van der Waals surface area contributed by atoms with Crippen molar-refractivity contribution < 1.29 is 13.9 Å². The van der Waals surface area contributed by atoms with Crippen LogP contribution in [0.1, 0.15) is 16.7 Å². The minimum atomic E-state index is -0.367. The third-order valence-electron chi connectivity index (χ3n) is 4.19. The van der Waals surface area contributed by atoms with Gasteiger partial charge in [0.2, 0.25) is 0 Å². The van der Waals surface area contributed by atoms with Crippen molar-refractivity contribution in [2.24, 2.45) is 0 Å². The molecule has 5 nitrogen and oxygen atoms in total. The molecule has 0 aliphatic rings. The molecule has 6 heteroatoms. The molecule has 3 rings (SSSR count). The Labute approximate surface area is 151 Å². The largest absolute Gasteiger partial charge is 0.493 e. The van der Waals surface area contributed by atoms with Gasteiger partial charge in [-0.2, -0.15) is 5.26 Å². The number of aromatic nitrogens is 1. The van der Waals surface area contributed by atoms with E-state index in [1.54, 1.807) is 21.1 Å². The van der Waals surface area contributed by atoms with Crippen molar-refractivity contribution in [2.45, 2.75) is 13.5 Å². The molecule has 0 aliphatic heterocycles. The molecular weight excluding hydrogens is 333 g/mol. The predicted octanol–water partition coefficient (Wildman–Crippen LogP) is 4.18. The van der Waals surface area contributed by atoms with Crippen LogP contribution in [0.2, 0.25) is 0 Å². The highest BCUT2D eigenvalue weighted by molar-refractivity contribution is 5.95. The highest BCUT2D eigenvalue weighted by Gasteiger charge is 2.14. The van der Waals surface area contributed by atoms with Crippen LogP contribution in [0, 0.1) is 24.1 Å². The van der Waals surface area contributed by atoms with Gasteiger partial charge in [-0.1, -0.05) is 12.1 Å². The summed E-state index contributed by atoms with van der Waals surface area (Å²) in [5, 5.41) is 13.2. The first-order valence-corrected chi connectivity index (χ1v) is 8.01. The summed E-state index contributed by atoms with van der Waals surface area (Å²) in [6.07, 6.45) is 1.50. The van der Waals surface area contributed by atoms with E-state index in [4.69, 9.17) is 9.47 Å². The fraction of sp³-hybridized carbons (Fsp3) is 0.200. The zero-order valence-corrected chi connectivity index (χ0v) is 14.8. The fourth-order valence-corrected chi connectivity index (χ4v) is 2.99. The number of para-hydroxylation sites is 1. The normalized spacial score (nSPS) is 10.4. The van der Waals surface area contributed by atoms with Crippen LogP contribution in [0.5, 0.6) is 11.5 Å². The zero-order chi connectivity index (χ0) is 18.7. The number of nitriles is 1. The summed E-state index contributed by atoms with van der Waals surface area (Å²) in [6.45, 7) is 2.17. The maximum absolute atomic E-state index is 13.9. The molecule has 1 N–H and O–H groups in total. The summed E-state index contributed by atoms with van der Waals surface area (Å²) >= 11 is 0. The topological polar surface area (TPSA) is 67.2 Å². The van der Waals surface area contributed by atoms with Crippen molar-refractivity contribution >= 4 is 16.6 Å². The van der Waals surface area contributed by atoms with E-state index in [0.717, 1.165) is 5.56 Å². The molecule has 0 unspecified atom stereocenters. The molecule has 132 valence electrons. The number of benzene rings is 2. The standard InChI is InChI=1S/C20H18FN3O2/c1-12-7-15(21)8-16-18(12)23-11-14(9-22)19(16)24-10-13-5-4-6-17(25-2)20(13)26-3/h4-8,11H,10H2,1-3H3,(H,23,24). The van der Waals surface area contributed by atoms with Gasteiger partial charge < -0.3 is 14.8 Å². The monoisotopic (exact) mass is 351 g/mol. The molecule has 0 spiro atoms. The Morgan fingerprint density at radius 2 is 2.04 bits per heavy atom. The lowest BCUT2D eigenvalue weighted by Crippen LogP contribution is -2.05. The third-order valence-corrected chi connectivity index (χ3v) is 4.19. The molecular formula is C20H18FN3O2. The van der Waals surface area contributed by atoms with E-state index in [2.05, 4.69) is 16.4 Å². The Kier molecular flexibility index (Phi) is 4.90. The van der Waals surface area contributed by atoms with Crippen LogP contribution in [-0.4, -0.2) is 19.2 Å². The van der Waals surface area contributed by atoms with Gasteiger partial charge in [-0.3, -0.25) is 4.98 Å². The Hall–Kier alpha value is -3.33. The highest BCUT2D eigenvalue weighted by Crippen LogP contribution is 2.33. The maximum atomic E-state index is 13.9. The van der Waals surface area contributed by atoms with E-state index in [1.807, 2.05) is 18.2 Å². The van der Waals surface area contributed by atoms with Gasteiger partial charge in [-0.15, -0.1) is 0 Å². The maximum Gasteiger partial charge on any atom is 0.165 e. The first-order chi connectivity index (χ1) is 12.6. The summed E-state index contributed by atoms with van der Waals surface area (Å²) < 4.78 is 24.7. The van der Waals surface area contributed by atoms with Gasteiger partial charge in [0.25, 0.3) is 0 Å². The summed E-state index contributed by atoms with van der Waals surface area (Å²) in [7, 11) is 3.15. The lowest BCUT2D eigenvalue weighted by Gasteiger charge is -2.16. The van der Waals surface area contributed by atoms with E-state index in [9.17, 15) is 9.65 Å². The molecule has 0 radical (unpaired) electrons. The van der Waals surface area contributed by atoms with Crippen LogP contribution in [0.15, 0.2) is 36.5 Å². The second-order valence-electron chi connectivity index (χ2n) is 5.78. The minimum absolute atomic E-state index is 0.351. The van der Waals surface area contributed by atoms with Crippen molar-refractivity contribution in [2.75, 3.05) is 19.5 Å². The lowest BCUT2D eigenvalue weighted by atomic mass is 10.1. The van der Waals surface area contributed by atoms with Crippen LogP contribution in [0.3, 0.4) is 0 Å². The fourth-order valence-electron chi connectivity index (χ4n) is 2.99. The molecule has 0 fully saturated rings. The van der Waals surface area contributed by atoms with Crippen molar-refractivity contribution in [1.29, 1.82) is 5.26 Å². The van der Waals surface area contributed by atoms with Gasteiger partial charge in [0.1, 0.15) is 11.9 Å². The van der Waals surface area contributed by atoms with Crippen LogP contribution in [0.25, 0.3) is 10.9 Å². The SMILES string of the molecule is COc1cccc(CNc2c(C#N)cnc3c(C)cc(F)cc23)c1OC. The second-order valence-corrected chi connectivity index (χ2v) is 5.78. The van der Waals surface area contributed by atoms with Gasteiger partial charge in [0.15, 0.2) is 11.5 Å². The number of fused-ring (bicyclic) bond motifs is 1. The number of pyridine rings is 1. The Morgan fingerprint density at radius 1 is 1.23 bits per heavy atom. The Balaban J connectivity index is 2.06. The summed E-state index contributed by atoms with van der Waals surface area (Å²) in [5.41, 5.74) is 3.13. The first kappa shape index (κ1) is 17.5. The average Bonchev–Trinajstić information content (AvgIpc) is 2.65. The molecule has 0 aliphatic carbocycles. The van der Waals surface area contributed by atoms with Crippen LogP contribution in [-0.2, 0) is 6.54 Å². The van der Waals surface area contributed by atoms with Gasteiger partial charge in [-0.25, -0.2) is 4.39 Å². The summed E-state index contributed by atoms with van der Waals surface area (Å²) in [4.78, 5) is 4.30.